The fourth-order valence-electron chi connectivity index (χ4n) is 1.72. The Morgan fingerprint density at radius 3 is 2.50 bits per heavy atom. The molecular weight excluding hydrogens is 194 g/mol. The fourth-order valence-corrected chi connectivity index (χ4v) is 1.95. The molecule has 0 fully saturated rings. The maximum atomic E-state index is 6.11. The molecule has 74 valence electrons. The van der Waals surface area contributed by atoms with Gasteiger partial charge in [-0.1, -0.05) is 17.7 Å². The Balaban J connectivity index is 2.76. The summed E-state index contributed by atoms with van der Waals surface area (Å²) in [5, 5.41) is 1.95. The number of benzene rings is 1. The lowest BCUT2D eigenvalue weighted by Gasteiger charge is -2.22. The summed E-state index contributed by atoms with van der Waals surface area (Å²) in [7, 11) is 0. The summed E-state index contributed by atoms with van der Waals surface area (Å²) in [6.07, 6.45) is 2.09. The van der Waals surface area contributed by atoms with Crippen molar-refractivity contribution in [2.45, 2.75) is 26.3 Å². The molecule has 0 bridgehead atoms. The minimum absolute atomic E-state index is 0.104. The summed E-state index contributed by atoms with van der Waals surface area (Å²) >= 11 is 6.11. The lowest BCUT2D eigenvalue weighted by atomic mass is 10.1. The number of rotatable bonds is 0. The number of nitrogens with zero attached hydrogens (tertiary/aromatic N) is 1. The van der Waals surface area contributed by atoms with E-state index in [1.54, 1.807) is 0 Å². The first-order valence-electron chi connectivity index (χ1n) is 4.76. The summed E-state index contributed by atoms with van der Waals surface area (Å²) < 4.78 is 2.24. The van der Waals surface area contributed by atoms with E-state index in [4.69, 9.17) is 11.6 Å². The van der Waals surface area contributed by atoms with E-state index < -0.39 is 0 Å². The van der Waals surface area contributed by atoms with Crippen LogP contribution in [0.25, 0.3) is 10.9 Å². The van der Waals surface area contributed by atoms with Crippen molar-refractivity contribution in [3.8, 4) is 0 Å². The summed E-state index contributed by atoms with van der Waals surface area (Å²) in [6, 6.07) is 8.10. The zero-order chi connectivity index (χ0) is 10.3. The van der Waals surface area contributed by atoms with Crippen molar-refractivity contribution in [3.63, 3.8) is 0 Å². The second-order valence-electron chi connectivity index (χ2n) is 4.53. The van der Waals surface area contributed by atoms with Gasteiger partial charge in [0.25, 0.3) is 0 Å². The third-order valence-electron chi connectivity index (χ3n) is 2.40. The van der Waals surface area contributed by atoms with Gasteiger partial charge in [-0.3, -0.25) is 0 Å². The molecule has 0 saturated carbocycles. The molecule has 2 heteroatoms. The first-order valence-corrected chi connectivity index (χ1v) is 5.14. The van der Waals surface area contributed by atoms with Crippen molar-refractivity contribution in [3.05, 3.63) is 35.5 Å². The molecule has 0 spiro atoms. The van der Waals surface area contributed by atoms with Crippen molar-refractivity contribution in [1.82, 2.24) is 4.57 Å². The van der Waals surface area contributed by atoms with Gasteiger partial charge in [0.1, 0.15) is 0 Å². The lowest BCUT2D eigenvalue weighted by molar-refractivity contribution is 0.411. The molecule has 1 aromatic carbocycles. The average Bonchev–Trinajstić information content (AvgIpc) is 2.47. The number of hydrogen-bond acceptors (Lipinski definition) is 0. The standard InChI is InChI=1S/C12H14ClN/c1-12(2,3)14-8-7-9-10(13)5-4-6-11(9)14/h4-8H,1-3H3. The Kier molecular flexibility index (Phi) is 2.07. The minimum Gasteiger partial charge on any atom is -0.342 e. The first kappa shape index (κ1) is 9.60. The van der Waals surface area contributed by atoms with Crippen LogP contribution < -0.4 is 0 Å². The summed E-state index contributed by atoms with van der Waals surface area (Å²) in [4.78, 5) is 0. The van der Waals surface area contributed by atoms with Gasteiger partial charge in [-0.05, 0) is 39.0 Å². The normalized spacial score (nSPS) is 12.3. The zero-order valence-corrected chi connectivity index (χ0v) is 9.47. The van der Waals surface area contributed by atoms with Crippen molar-refractivity contribution < 1.29 is 0 Å². The van der Waals surface area contributed by atoms with Gasteiger partial charge in [-0.15, -0.1) is 0 Å². The molecule has 2 rings (SSSR count). The van der Waals surface area contributed by atoms with E-state index in [9.17, 15) is 0 Å². The molecule has 0 atom stereocenters. The van der Waals surface area contributed by atoms with Crippen LogP contribution in [0.2, 0.25) is 5.02 Å². The topological polar surface area (TPSA) is 4.93 Å². The van der Waals surface area contributed by atoms with Crippen LogP contribution >= 0.6 is 11.6 Å². The SMILES string of the molecule is CC(C)(C)n1ccc2c(Cl)cccc21. The van der Waals surface area contributed by atoms with Crippen molar-refractivity contribution in [1.29, 1.82) is 0 Å². The number of halogens is 1. The summed E-state index contributed by atoms with van der Waals surface area (Å²) in [6.45, 7) is 6.56. The van der Waals surface area contributed by atoms with Crippen LogP contribution in [-0.2, 0) is 5.54 Å². The Morgan fingerprint density at radius 1 is 1.14 bits per heavy atom. The Bertz CT molecular complexity index is 463. The van der Waals surface area contributed by atoms with Crippen molar-refractivity contribution in [2.75, 3.05) is 0 Å². The van der Waals surface area contributed by atoms with Crippen LogP contribution in [0.15, 0.2) is 30.5 Å². The molecule has 0 saturated heterocycles. The van der Waals surface area contributed by atoms with Gasteiger partial charge in [0.05, 0.1) is 0 Å². The highest BCUT2D eigenvalue weighted by Crippen LogP contribution is 2.28. The molecule has 0 radical (unpaired) electrons. The van der Waals surface area contributed by atoms with E-state index in [1.807, 2.05) is 12.1 Å². The number of fused-ring (bicyclic) bond motifs is 1. The van der Waals surface area contributed by atoms with Gasteiger partial charge in [0.15, 0.2) is 0 Å². The molecular formula is C12H14ClN. The Hall–Kier alpha value is -0.950. The van der Waals surface area contributed by atoms with E-state index in [1.165, 1.54) is 5.52 Å². The highest BCUT2D eigenvalue weighted by atomic mass is 35.5. The van der Waals surface area contributed by atoms with Gasteiger partial charge in [-0.25, -0.2) is 0 Å². The monoisotopic (exact) mass is 207 g/mol. The summed E-state index contributed by atoms with van der Waals surface area (Å²) in [5.41, 5.74) is 1.30. The van der Waals surface area contributed by atoms with E-state index >= 15 is 0 Å². The van der Waals surface area contributed by atoms with Crippen LogP contribution in [0, 0.1) is 0 Å². The van der Waals surface area contributed by atoms with Crippen LogP contribution in [-0.4, -0.2) is 4.57 Å². The molecule has 0 aliphatic heterocycles. The average molecular weight is 208 g/mol. The smallest absolute Gasteiger partial charge is 0.0500 e. The lowest BCUT2D eigenvalue weighted by Crippen LogP contribution is -2.20. The highest BCUT2D eigenvalue weighted by Gasteiger charge is 2.15. The molecule has 2 aromatic rings. The summed E-state index contributed by atoms with van der Waals surface area (Å²) in [5.74, 6) is 0. The number of hydrogen-bond donors (Lipinski definition) is 0. The maximum absolute atomic E-state index is 6.11. The molecule has 1 aromatic heterocycles. The predicted octanol–water partition coefficient (Wildman–Crippen LogP) is 4.05. The van der Waals surface area contributed by atoms with E-state index in [2.05, 4.69) is 43.7 Å². The Morgan fingerprint density at radius 2 is 1.86 bits per heavy atom. The van der Waals surface area contributed by atoms with Gasteiger partial charge >= 0.3 is 0 Å². The largest absolute Gasteiger partial charge is 0.342 e. The van der Waals surface area contributed by atoms with Gasteiger partial charge in [0.2, 0.25) is 0 Å². The van der Waals surface area contributed by atoms with E-state index in [-0.39, 0.29) is 5.54 Å². The highest BCUT2D eigenvalue weighted by molar-refractivity contribution is 6.35. The zero-order valence-electron chi connectivity index (χ0n) is 8.71. The third kappa shape index (κ3) is 1.42. The van der Waals surface area contributed by atoms with E-state index in [0.717, 1.165) is 10.4 Å². The van der Waals surface area contributed by atoms with Crippen LogP contribution in [0.1, 0.15) is 20.8 Å². The molecule has 1 heterocycles. The van der Waals surface area contributed by atoms with Gasteiger partial charge in [-0.2, -0.15) is 0 Å². The molecule has 0 N–H and O–H groups in total. The van der Waals surface area contributed by atoms with Gasteiger partial charge in [0, 0.05) is 27.7 Å². The fraction of sp³-hybridized carbons (Fsp3) is 0.333. The molecule has 0 amide bonds. The predicted molar refractivity (Wildman–Crippen MR) is 61.9 cm³/mol. The van der Waals surface area contributed by atoms with E-state index in [0.29, 0.717) is 0 Å². The quantitative estimate of drug-likeness (QED) is 0.614. The van der Waals surface area contributed by atoms with Crippen molar-refractivity contribution >= 4 is 22.5 Å². The number of aromatic nitrogens is 1. The van der Waals surface area contributed by atoms with Crippen LogP contribution in [0.5, 0.6) is 0 Å². The molecule has 0 aliphatic carbocycles. The van der Waals surface area contributed by atoms with Crippen LogP contribution in [0.4, 0.5) is 0 Å². The van der Waals surface area contributed by atoms with Gasteiger partial charge < -0.3 is 4.57 Å². The third-order valence-corrected chi connectivity index (χ3v) is 2.73. The maximum Gasteiger partial charge on any atom is 0.0500 e. The second kappa shape index (κ2) is 3.03. The molecule has 1 nitrogen and oxygen atoms in total. The molecule has 14 heavy (non-hydrogen) atoms. The first-order chi connectivity index (χ1) is 6.50. The molecule has 0 aliphatic rings. The van der Waals surface area contributed by atoms with Crippen molar-refractivity contribution in [2.24, 2.45) is 0 Å². The van der Waals surface area contributed by atoms with Crippen LogP contribution in [0.3, 0.4) is 0 Å². The molecule has 0 unspecified atom stereocenters. The second-order valence-corrected chi connectivity index (χ2v) is 4.94. The minimum atomic E-state index is 0.104. The Labute approximate surface area is 89.3 Å².